The average Bonchev–Trinajstić information content (AvgIpc) is 2.41. The van der Waals surface area contributed by atoms with Gasteiger partial charge in [0.15, 0.2) is 17.8 Å². The van der Waals surface area contributed by atoms with Gasteiger partial charge in [-0.3, -0.25) is 4.79 Å². The molecule has 0 saturated heterocycles. The van der Waals surface area contributed by atoms with E-state index in [9.17, 15) is 15.0 Å². The normalized spacial score (nSPS) is 10.0. The van der Waals surface area contributed by atoms with Gasteiger partial charge < -0.3 is 14.9 Å². The largest absolute Gasteiger partial charge is 0.504 e. The number of aldehydes is 1. The van der Waals surface area contributed by atoms with E-state index in [0.29, 0.717) is 6.29 Å². The van der Waals surface area contributed by atoms with Gasteiger partial charge in [0.1, 0.15) is 17.9 Å². The molecular weight excluding hydrogens is 232 g/mol. The molecule has 92 valence electrons. The Labute approximate surface area is 104 Å². The van der Waals surface area contributed by atoms with Crippen molar-refractivity contribution in [3.05, 3.63) is 53.6 Å². The van der Waals surface area contributed by atoms with E-state index in [1.165, 1.54) is 12.1 Å². The van der Waals surface area contributed by atoms with Crippen LogP contribution in [0.2, 0.25) is 0 Å². The number of phenols is 2. The molecule has 2 aromatic carbocycles. The highest BCUT2D eigenvalue weighted by atomic mass is 16.5. The third kappa shape index (κ3) is 2.43. The van der Waals surface area contributed by atoms with Crippen LogP contribution in [0.1, 0.15) is 15.9 Å². The first kappa shape index (κ1) is 12.0. The number of ether oxygens (including phenoxy) is 1. The summed E-state index contributed by atoms with van der Waals surface area (Å²) in [5.41, 5.74) is 0.896. The second kappa shape index (κ2) is 5.23. The standard InChI is InChI=1S/C14H12O4/c15-8-11-13(7-6-12(16)14(11)17)18-9-10-4-2-1-3-5-10/h1-8,16-17H,9H2. The summed E-state index contributed by atoms with van der Waals surface area (Å²) in [6.45, 7) is 0.284. The summed E-state index contributed by atoms with van der Waals surface area (Å²) >= 11 is 0. The second-order valence-electron chi connectivity index (χ2n) is 3.74. The Balaban J connectivity index is 2.20. The highest BCUT2D eigenvalue weighted by molar-refractivity contribution is 5.85. The molecule has 18 heavy (non-hydrogen) atoms. The van der Waals surface area contributed by atoms with E-state index >= 15 is 0 Å². The molecule has 0 fully saturated rings. The van der Waals surface area contributed by atoms with Gasteiger partial charge in [0, 0.05) is 0 Å². The third-order valence-electron chi connectivity index (χ3n) is 2.51. The predicted octanol–water partition coefficient (Wildman–Crippen LogP) is 2.49. The number of hydrogen-bond donors (Lipinski definition) is 2. The Morgan fingerprint density at radius 1 is 1.06 bits per heavy atom. The summed E-state index contributed by atoms with van der Waals surface area (Å²) in [5.74, 6) is -0.566. The Bertz CT molecular complexity index is 549. The van der Waals surface area contributed by atoms with E-state index < -0.39 is 5.75 Å². The lowest BCUT2D eigenvalue weighted by Gasteiger charge is -2.10. The molecule has 0 aliphatic carbocycles. The molecule has 2 N–H and O–H groups in total. The Morgan fingerprint density at radius 2 is 1.78 bits per heavy atom. The van der Waals surface area contributed by atoms with Crippen molar-refractivity contribution in [2.24, 2.45) is 0 Å². The number of benzene rings is 2. The van der Waals surface area contributed by atoms with Gasteiger partial charge in [-0.1, -0.05) is 30.3 Å². The van der Waals surface area contributed by atoms with Crippen LogP contribution in [0, 0.1) is 0 Å². The summed E-state index contributed by atoms with van der Waals surface area (Å²) in [4.78, 5) is 10.9. The van der Waals surface area contributed by atoms with Crippen molar-refractivity contribution in [3.63, 3.8) is 0 Å². The van der Waals surface area contributed by atoms with E-state index in [2.05, 4.69) is 0 Å². The van der Waals surface area contributed by atoms with Crippen molar-refractivity contribution < 1.29 is 19.7 Å². The zero-order valence-corrected chi connectivity index (χ0v) is 9.54. The molecule has 0 aliphatic heterocycles. The van der Waals surface area contributed by atoms with Gasteiger partial charge in [0.2, 0.25) is 0 Å². The maximum absolute atomic E-state index is 10.9. The first-order valence-electron chi connectivity index (χ1n) is 5.39. The summed E-state index contributed by atoms with van der Waals surface area (Å²) in [5, 5.41) is 18.8. The molecule has 0 saturated carbocycles. The van der Waals surface area contributed by atoms with E-state index in [1.807, 2.05) is 30.3 Å². The van der Waals surface area contributed by atoms with Crippen LogP contribution in [0.25, 0.3) is 0 Å². The number of rotatable bonds is 4. The average molecular weight is 244 g/mol. The maximum atomic E-state index is 10.9. The Morgan fingerprint density at radius 3 is 2.44 bits per heavy atom. The molecule has 0 aromatic heterocycles. The molecule has 0 unspecified atom stereocenters. The summed E-state index contributed by atoms with van der Waals surface area (Å²) < 4.78 is 5.45. The molecule has 0 spiro atoms. The fourth-order valence-electron chi connectivity index (χ4n) is 1.55. The van der Waals surface area contributed by atoms with Crippen LogP contribution in [0.4, 0.5) is 0 Å². The van der Waals surface area contributed by atoms with E-state index in [1.54, 1.807) is 0 Å². The molecule has 0 amide bonds. The third-order valence-corrected chi connectivity index (χ3v) is 2.51. The quantitative estimate of drug-likeness (QED) is 0.640. The van der Waals surface area contributed by atoms with E-state index in [4.69, 9.17) is 4.74 Å². The molecule has 2 rings (SSSR count). The van der Waals surface area contributed by atoms with Gasteiger partial charge in [0.05, 0.1) is 0 Å². The van der Waals surface area contributed by atoms with Crippen molar-refractivity contribution in [1.82, 2.24) is 0 Å². The number of hydrogen-bond acceptors (Lipinski definition) is 4. The van der Waals surface area contributed by atoms with Gasteiger partial charge in [-0.2, -0.15) is 0 Å². The monoisotopic (exact) mass is 244 g/mol. The van der Waals surface area contributed by atoms with Gasteiger partial charge in [-0.25, -0.2) is 0 Å². The van der Waals surface area contributed by atoms with Gasteiger partial charge in [-0.15, -0.1) is 0 Å². The molecule has 0 heterocycles. The van der Waals surface area contributed by atoms with Crippen LogP contribution in [0.5, 0.6) is 17.2 Å². The fraction of sp³-hybridized carbons (Fsp3) is 0.0714. The van der Waals surface area contributed by atoms with E-state index in [-0.39, 0.29) is 23.7 Å². The van der Waals surface area contributed by atoms with Crippen LogP contribution < -0.4 is 4.74 Å². The highest BCUT2D eigenvalue weighted by Crippen LogP contribution is 2.34. The SMILES string of the molecule is O=Cc1c(OCc2ccccc2)ccc(O)c1O. The topological polar surface area (TPSA) is 66.8 Å². The predicted molar refractivity (Wildman–Crippen MR) is 65.9 cm³/mol. The van der Waals surface area contributed by atoms with Crippen LogP contribution in [0.15, 0.2) is 42.5 Å². The van der Waals surface area contributed by atoms with Gasteiger partial charge in [0.25, 0.3) is 0 Å². The number of phenolic OH excluding ortho intramolecular Hbond substituents is 2. The molecule has 2 aromatic rings. The summed E-state index contributed by atoms with van der Waals surface area (Å²) in [7, 11) is 0. The minimum atomic E-state index is -0.462. The Kier molecular flexibility index (Phi) is 3.48. The zero-order valence-electron chi connectivity index (χ0n) is 9.54. The lowest BCUT2D eigenvalue weighted by molar-refractivity contribution is 0.111. The second-order valence-corrected chi connectivity index (χ2v) is 3.74. The maximum Gasteiger partial charge on any atom is 0.171 e. The molecule has 0 aliphatic rings. The lowest BCUT2D eigenvalue weighted by Crippen LogP contribution is -1.98. The first-order chi connectivity index (χ1) is 8.72. The molecule has 0 radical (unpaired) electrons. The van der Waals surface area contributed by atoms with Crippen molar-refractivity contribution >= 4 is 6.29 Å². The number of aromatic hydroxyl groups is 2. The molecular formula is C14H12O4. The van der Waals surface area contributed by atoms with Crippen LogP contribution in [0.3, 0.4) is 0 Å². The van der Waals surface area contributed by atoms with E-state index in [0.717, 1.165) is 5.56 Å². The number of carbonyl (C=O) groups excluding carboxylic acids is 1. The lowest BCUT2D eigenvalue weighted by atomic mass is 10.2. The summed E-state index contributed by atoms with van der Waals surface area (Å²) in [6.07, 6.45) is 0.454. The van der Waals surface area contributed by atoms with Crippen LogP contribution >= 0.6 is 0 Å². The molecule has 4 heteroatoms. The number of carbonyl (C=O) groups is 1. The zero-order chi connectivity index (χ0) is 13.0. The minimum Gasteiger partial charge on any atom is -0.504 e. The van der Waals surface area contributed by atoms with Crippen molar-refractivity contribution in [2.45, 2.75) is 6.61 Å². The Hall–Kier alpha value is -2.49. The molecule has 0 atom stereocenters. The van der Waals surface area contributed by atoms with Crippen LogP contribution in [-0.4, -0.2) is 16.5 Å². The van der Waals surface area contributed by atoms with Crippen LogP contribution in [-0.2, 0) is 6.61 Å². The van der Waals surface area contributed by atoms with Crippen molar-refractivity contribution in [3.8, 4) is 17.2 Å². The minimum absolute atomic E-state index is 0.0501. The summed E-state index contributed by atoms with van der Waals surface area (Å²) in [6, 6.07) is 12.2. The fourth-order valence-corrected chi connectivity index (χ4v) is 1.55. The van der Waals surface area contributed by atoms with Crippen molar-refractivity contribution in [2.75, 3.05) is 0 Å². The highest BCUT2D eigenvalue weighted by Gasteiger charge is 2.12. The first-order valence-corrected chi connectivity index (χ1v) is 5.39. The molecule has 4 nitrogen and oxygen atoms in total. The molecule has 0 bridgehead atoms. The van der Waals surface area contributed by atoms with Gasteiger partial charge >= 0.3 is 0 Å². The smallest absolute Gasteiger partial charge is 0.171 e. The van der Waals surface area contributed by atoms with Crippen molar-refractivity contribution in [1.29, 1.82) is 0 Å². The van der Waals surface area contributed by atoms with Gasteiger partial charge in [-0.05, 0) is 17.7 Å².